The van der Waals surface area contributed by atoms with Crippen LogP contribution < -0.4 is 5.32 Å². The predicted octanol–water partition coefficient (Wildman–Crippen LogP) is 1.49. The summed E-state index contributed by atoms with van der Waals surface area (Å²) in [5.74, 6) is -0.865. The van der Waals surface area contributed by atoms with Gasteiger partial charge in [-0.2, -0.15) is 0 Å². The Hall–Kier alpha value is -2.37. The molecule has 1 aromatic carbocycles. The van der Waals surface area contributed by atoms with Gasteiger partial charge in [0.05, 0.1) is 0 Å². The lowest BCUT2D eigenvalue weighted by Crippen LogP contribution is -2.51. The monoisotopic (exact) mass is 332 g/mol. The topological polar surface area (TPSA) is 75.7 Å². The van der Waals surface area contributed by atoms with Crippen molar-refractivity contribution in [2.24, 2.45) is 5.92 Å². The number of likely N-dealkylation sites (tertiary alicyclic amines) is 1. The smallest absolute Gasteiger partial charge is 0.329 e. The van der Waals surface area contributed by atoms with Crippen LogP contribution in [0.2, 0.25) is 0 Å². The maximum Gasteiger partial charge on any atom is 0.329 e. The number of hydrogen-bond donors (Lipinski definition) is 1. The highest BCUT2D eigenvalue weighted by Gasteiger charge is 2.33. The number of carbonyl (C=O) groups is 3. The molecule has 0 aliphatic carbocycles. The standard InChI is InChI=1S/C18H24N2O4/c1-13(2)16(18(23)24-11-14-7-4-3-5-8-14)19-17(22)15-9-6-10-20(15)12-21/h3-5,7-8,12-13,15-16H,6,9-11H2,1-2H3,(H,19,22)/t15-,16+/m1/s1. The van der Waals surface area contributed by atoms with Crippen LogP contribution >= 0.6 is 0 Å². The Bertz CT molecular complexity index is 574. The number of rotatable bonds is 7. The van der Waals surface area contributed by atoms with E-state index in [0.717, 1.165) is 12.0 Å². The Morgan fingerprint density at radius 2 is 2.04 bits per heavy atom. The molecule has 0 aromatic heterocycles. The fourth-order valence-electron chi connectivity index (χ4n) is 2.76. The third-order valence-electron chi connectivity index (χ3n) is 4.17. The zero-order chi connectivity index (χ0) is 17.5. The van der Waals surface area contributed by atoms with E-state index in [9.17, 15) is 14.4 Å². The maximum absolute atomic E-state index is 12.4. The van der Waals surface area contributed by atoms with Crippen LogP contribution in [-0.4, -0.2) is 41.8 Å². The van der Waals surface area contributed by atoms with Gasteiger partial charge in [0, 0.05) is 6.54 Å². The van der Waals surface area contributed by atoms with Gasteiger partial charge in [-0.15, -0.1) is 0 Å². The van der Waals surface area contributed by atoms with Crippen molar-refractivity contribution in [2.75, 3.05) is 6.54 Å². The van der Waals surface area contributed by atoms with Crippen LogP contribution in [0.25, 0.3) is 0 Å². The molecule has 6 heteroatoms. The van der Waals surface area contributed by atoms with Crippen molar-refractivity contribution in [3.05, 3.63) is 35.9 Å². The third kappa shape index (κ3) is 4.57. The summed E-state index contributed by atoms with van der Waals surface area (Å²) in [5, 5.41) is 2.74. The van der Waals surface area contributed by atoms with Crippen LogP contribution in [0.3, 0.4) is 0 Å². The lowest BCUT2D eigenvalue weighted by molar-refractivity contribution is -0.151. The Kier molecular flexibility index (Phi) is 6.35. The molecule has 6 nitrogen and oxygen atoms in total. The Morgan fingerprint density at radius 3 is 2.67 bits per heavy atom. The molecule has 1 saturated heterocycles. The fraction of sp³-hybridized carbons (Fsp3) is 0.500. The van der Waals surface area contributed by atoms with E-state index in [2.05, 4.69) is 5.32 Å². The van der Waals surface area contributed by atoms with Crippen molar-refractivity contribution in [1.82, 2.24) is 10.2 Å². The molecule has 0 saturated carbocycles. The molecular formula is C18H24N2O4. The largest absolute Gasteiger partial charge is 0.459 e. The minimum Gasteiger partial charge on any atom is -0.459 e. The number of benzene rings is 1. The molecule has 0 unspecified atom stereocenters. The predicted molar refractivity (Wildman–Crippen MR) is 88.8 cm³/mol. The molecule has 0 bridgehead atoms. The molecule has 1 aliphatic rings. The van der Waals surface area contributed by atoms with Gasteiger partial charge in [-0.05, 0) is 24.3 Å². The number of esters is 1. The van der Waals surface area contributed by atoms with E-state index in [4.69, 9.17) is 4.74 Å². The Balaban J connectivity index is 1.94. The normalized spacial score (nSPS) is 18.3. The van der Waals surface area contributed by atoms with Crippen LogP contribution in [-0.2, 0) is 25.7 Å². The Morgan fingerprint density at radius 1 is 1.33 bits per heavy atom. The van der Waals surface area contributed by atoms with Gasteiger partial charge in [-0.25, -0.2) is 4.79 Å². The van der Waals surface area contributed by atoms with E-state index < -0.39 is 18.1 Å². The van der Waals surface area contributed by atoms with E-state index in [1.807, 2.05) is 44.2 Å². The zero-order valence-corrected chi connectivity index (χ0v) is 14.1. The van der Waals surface area contributed by atoms with Crippen molar-refractivity contribution in [2.45, 2.75) is 45.4 Å². The van der Waals surface area contributed by atoms with Crippen molar-refractivity contribution in [3.63, 3.8) is 0 Å². The van der Waals surface area contributed by atoms with Gasteiger partial charge in [0.1, 0.15) is 18.7 Å². The molecule has 1 fully saturated rings. The van der Waals surface area contributed by atoms with E-state index in [0.29, 0.717) is 19.4 Å². The average molecular weight is 332 g/mol. The van der Waals surface area contributed by atoms with Gasteiger partial charge in [0.15, 0.2) is 0 Å². The van der Waals surface area contributed by atoms with Gasteiger partial charge in [0.2, 0.25) is 12.3 Å². The number of hydrogen-bond acceptors (Lipinski definition) is 4. The van der Waals surface area contributed by atoms with Crippen LogP contribution in [0, 0.1) is 5.92 Å². The molecule has 1 aliphatic heterocycles. The van der Waals surface area contributed by atoms with E-state index >= 15 is 0 Å². The second-order valence-electron chi connectivity index (χ2n) is 6.32. The summed E-state index contributed by atoms with van der Waals surface area (Å²) in [5.41, 5.74) is 0.891. The molecule has 1 N–H and O–H groups in total. The van der Waals surface area contributed by atoms with Crippen LogP contribution in [0.4, 0.5) is 0 Å². The second kappa shape index (κ2) is 8.47. The molecule has 1 aromatic rings. The van der Waals surface area contributed by atoms with Gasteiger partial charge < -0.3 is 15.0 Å². The molecule has 24 heavy (non-hydrogen) atoms. The van der Waals surface area contributed by atoms with Crippen LogP contribution in [0.1, 0.15) is 32.3 Å². The maximum atomic E-state index is 12.4. The molecule has 2 amide bonds. The molecule has 130 valence electrons. The molecule has 0 spiro atoms. The number of ether oxygens (including phenoxy) is 1. The van der Waals surface area contributed by atoms with Crippen LogP contribution in [0.15, 0.2) is 30.3 Å². The van der Waals surface area contributed by atoms with Crippen molar-refractivity contribution < 1.29 is 19.1 Å². The SMILES string of the molecule is CC(C)[C@H](NC(=O)[C@H]1CCCN1C=O)C(=O)OCc1ccccc1. The van der Waals surface area contributed by atoms with Crippen LogP contribution in [0.5, 0.6) is 0 Å². The summed E-state index contributed by atoms with van der Waals surface area (Å²) < 4.78 is 5.33. The fourth-order valence-corrected chi connectivity index (χ4v) is 2.76. The van der Waals surface area contributed by atoms with Gasteiger partial charge in [-0.3, -0.25) is 9.59 Å². The quantitative estimate of drug-likeness (QED) is 0.606. The first-order chi connectivity index (χ1) is 11.5. The summed E-state index contributed by atoms with van der Waals surface area (Å²) in [7, 11) is 0. The Labute approximate surface area is 142 Å². The summed E-state index contributed by atoms with van der Waals surface area (Å²) in [6.45, 7) is 4.44. The van der Waals surface area contributed by atoms with Crippen molar-refractivity contribution in [3.8, 4) is 0 Å². The molecule has 2 atom stereocenters. The zero-order valence-electron chi connectivity index (χ0n) is 14.1. The van der Waals surface area contributed by atoms with E-state index in [-0.39, 0.29) is 18.4 Å². The van der Waals surface area contributed by atoms with Gasteiger partial charge in [-0.1, -0.05) is 44.2 Å². The minimum atomic E-state index is -0.727. The molecule has 1 heterocycles. The first-order valence-electron chi connectivity index (χ1n) is 8.25. The molecular weight excluding hydrogens is 308 g/mol. The summed E-state index contributed by atoms with van der Waals surface area (Å²) in [4.78, 5) is 37.2. The number of amides is 2. The van der Waals surface area contributed by atoms with Gasteiger partial charge in [0.25, 0.3) is 0 Å². The number of nitrogens with zero attached hydrogens (tertiary/aromatic N) is 1. The first-order valence-corrected chi connectivity index (χ1v) is 8.25. The highest BCUT2D eigenvalue weighted by atomic mass is 16.5. The van der Waals surface area contributed by atoms with Gasteiger partial charge >= 0.3 is 5.97 Å². The highest BCUT2D eigenvalue weighted by Crippen LogP contribution is 2.16. The van der Waals surface area contributed by atoms with E-state index in [1.54, 1.807) is 0 Å². The minimum absolute atomic E-state index is 0.108. The highest BCUT2D eigenvalue weighted by molar-refractivity contribution is 5.89. The summed E-state index contributed by atoms with van der Waals surface area (Å²) >= 11 is 0. The molecule has 2 rings (SSSR count). The summed E-state index contributed by atoms with van der Waals surface area (Å²) in [6.07, 6.45) is 2.10. The van der Waals surface area contributed by atoms with Crippen molar-refractivity contribution in [1.29, 1.82) is 0 Å². The lowest BCUT2D eigenvalue weighted by atomic mass is 10.0. The average Bonchev–Trinajstić information content (AvgIpc) is 3.06. The first kappa shape index (κ1) is 18.0. The lowest BCUT2D eigenvalue weighted by Gasteiger charge is -2.25. The summed E-state index contributed by atoms with van der Waals surface area (Å²) in [6, 6.07) is 8.16. The third-order valence-corrected chi connectivity index (χ3v) is 4.17. The molecule has 0 radical (unpaired) electrons. The number of nitrogens with one attached hydrogen (secondary N) is 1. The number of carbonyl (C=O) groups excluding carboxylic acids is 3. The van der Waals surface area contributed by atoms with Crippen molar-refractivity contribution >= 4 is 18.3 Å². The second-order valence-corrected chi connectivity index (χ2v) is 6.32. The van der Waals surface area contributed by atoms with E-state index in [1.165, 1.54) is 4.90 Å².